The average molecular weight is 393 g/mol. The van der Waals surface area contributed by atoms with Crippen LogP contribution < -0.4 is 15.7 Å². The maximum Gasteiger partial charge on any atom is 0.351 e. The molecule has 0 radical (unpaired) electrons. The maximum atomic E-state index is 13.1. The molecule has 2 heterocycles. The molecule has 0 aliphatic heterocycles. The van der Waals surface area contributed by atoms with Crippen LogP contribution in [0.5, 0.6) is 11.6 Å². The Labute approximate surface area is 164 Å². The molecular formula is C20H16FN5O3. The van der Waals surface area contributed by atoms with Crippen LogP contribution in [0.1, 0.15) is 5.56 Å². The molecule has 1 N–H and O–H groups in total. The van der Waals surface area contributed by atoms with E-state index in [-0.39, 0.29) is 24.0 Å². The van der Waals surface area contributed by atoms with Gasteiger partial charge in [0.25, 0.3) is 5.88 Å². The summed E-state index contributed by atoms with van der Waals surface area (Å²) in [6, 6.07) is 14.8. The molecule has 4 rings (SSSR count). The Hall–Kier alpha value is -4.01. The van der Waals surface area contributed by atoms with Gasteiger partial charge in [0.05, 0.1) is 0 Å². The molecule has 8 nitrogen and oxygen atoms in total. The van der Waals surface area contributed by atoms with Crippen molar-refractivity contribution in [3.8, 4) is 11.6 Å². The van der Waals surface area contributed by atoms with Crippen LogP contribution in [0.3, 0.4) is 0 Å². The van der Waals surface area contributed by atoms with E-state index in [1.165, 1.54) is 41.1 Å². The molecule has 0 aliphatic rings. The number of halogens is 1. The quantitative estimate of drug-likeness (QED) is 0.542. The molecule has 2 aromatic carbocycles. The highest BCUT2D eigenvalue weighted by atomic mass is 19.1. The number of aromatic nitrogens is 4. The number of hydrogen-bond donors (Lipinski definition) is 1. The van der Waals surface area contributed by atoms with Gasteiger partial charge in [0.2, 0.25) is 11.6 Å². The fourth-order valence-electron chi connectivity index (χ4n) is 2.70. The first kappa shape index (κ1) is 18.4. The van der Waals surface area contributed by atoms with E-state index in [0.29, 0.717) is 12.3 Å². The van der Waals surface area contributed by atoms with Gasteiger partial charge in [-0.15, -0.1) is 5.10 Å². The Balaban J connectivity index is 1.53. The topological polar surface area (TPSA) is 90.5 Å². The summed E-state index contributed by atoms with van der Waals surface area (Å²) in [5.74, 6) is -0.340. The van der Waals surface area contributed by atoms with Gasteiger partial charge in [-0.05, 0) is 29.8 Å². The molecule has 9 heteroatoms. The largest absolute Gasteiger partial charge is 0.436 e. The number of carbonyl (C=O) groups is 1. The molecule has 0 bridgehead atoms. The van der Waals surface area contributed by atoms with Gasteiger partial charge in [-0.2, -0.15) is 0 Å². The van der Waals surface area contributed by atoms with Crippen molar-refractivity contribution in [1.82, 2.24) is 24.5 Å². The maximum absolute atomic E-state index is 13.1. The van der Waals surface area contributed by atoms with Crippen molar-refractivity contribution in [2.24, 2.45) is 0 Å². The second-order valence-electron chi connectivity index (χ2n) is 6.18. The first-order valence-corrected chi connectivity index (χ1v) is 8.78. The number of nitrogens with zero attached hydrogens (tertiary/aromatic N) is 4. The lowest BCUT2D eigenvalue weighted by atomic mass is 10.2. The van der Waals surface area contributed by atoms with Crippen LogP contribution in [0, 0.1) is 5.82 Å². The van der Waals surface area contributed by atoms with Crippen LogP contribution in [-0.4, -0.2) is 25.1 Å². The Morgan fingerprint density at radius 1 is 1.10 bits per heavy atom. The van der Waals surface area contributed by atoms with Crippen molar-refractivity contribution in [2.45, 2.75) is 13.1 Å². The lowest BCUT2D eigenvalue weighted by Gasteiger charge is -2.05. The van der Waals surface area contributed by atoms with Gasteiger partial charge in [-0.1, -0.05) is 30.3 Å². The molecule has 0 atom stereocenters. The van der Waals surface area contributed by atoms with Crippen LogP contribution in [-0.2, 0) is 17.9 Å². The van der Waals surface area contributed by atoms with Gasteiger partial charge in [-0.3, -0.25) is 4.79 Å². The predicted molar refractivity (Wildman–Crippen MR) is 102 cm³/mol. The lowest BCUT2D eigenvalue weighted by Crippen LogP contribution is -2.32. The summed E-state index contributed by atoms with van der Waals surface area (Å²) in [7, 11) is 0. The molecule has 2 aromatic heterocycles. The number of benzene rings is 2. The highest BCUT2D eigenvalue weighted by Gasteiger charge is 2.15. The second kappa shape index (κ2) is 7.93. The number of fused-ring (bicyclic) bond motifs is 1. The van der Waals surface area contributed by atoms with Crippen molar-refractivity contribution >= 4 is 11.6 Å². The SMILES string of the molecule is O=C(Cn1nc2c(Oc3ccc(F)cc3)nccn2c1=O)NCc1ccccc1. The smallest absolute Gasteiger partial charge is 0.351 e. The van der Waals surface area contributed by atoms with Gasteiger partial charge in [0.1, 0.15) is 18.1 Å². The summed E-state index contributed by atoms with van der Waals surface area (Å²) in [6.45, 7) is 0.103. The van der Waals surface area contributed by atoms with Gasteiger partial charge < -0.3 is 10.1 Å². The molecular weight excluding hydrogens is 377 g/mol. The van der Waals surface area contributed by atoms with Crippen LogP contribution in [0.25, 0.3) is 5.65 Å². The first-order valence-electron chi connectivity index (χ1n) is 8.78. The number of amides is 1. The van der Waals surface area contributed by atoms with Crippen molar-refractivity contribution in [3.05, 3.63) is 88.9 Å². The third kappa shape index (κ3) is 4.13. The Kier molecular flexibility index (Phi) is 5.02. The van der Waals surface area contributed by atoms with E-state index in [9.17, 15) is 14.0 Å². The highest BCUT2D eigenvalue weighted by Crippen LogP contribution is 2.22. The summed E-state index contributed by atoms with van der Waals surface area (Å²) in [6.07, 6.45) is 2.81. The fraction of sp³-hybridized carbons (Fsp3) is 0.100. The van der Waals surface area contributed by atoms with Gasteiger partial charge >= 0.3 is 5.69 Å². The first-order chi connectivity index (χ1) is 14.1. The van der Waals surface area contributed by atoms with E-state index in [4.69, 9.17) is 4.74 Å². The number of hydrogen-bond acceptors (Lipinski definition) is 5. The molecule has 29 heavy (non-hydrogen) atoms. The second-order valence-corrected chi connectivity index (χ2v) is 6.18. The van der Waals surface area contributed by atoms with Gasteiger partial charge in [-0.25, -0.2) is 23.3 Å². The molecule has 0 unspecified atom stereocenters. The van der Waals surface area contributed by atoms with Crippen LogP contribution in [0.15, 0.2) is 71.8 Å². The molecule has 4 aromatic rings. The monoisotopic (exact) mass is 393 g/mol. The van der Waals surface area contributed by atoms with Crippen LogP contribution >= 0.6 is 0 Å². The molecule has 0 saturated heterocycles. The average Bonchev–Trinajstić information content (AvgIpc) is 3.05. The Morgan fingerprint density at radius 3 is 2.62 bits per heavy atom. The summed E-state index contributed by atoms with van der Waals surface area (Å²) in [5.41, 5.74) is 0.598. The molecule has 146 valence electrons. The van der Waals surface area contributed by atoms with E-state index < -0.39 is 11.5 Å². The third-order valence-electron chi connectivity index (χ3n) is 4.12. The van der Waals surface area contributed by atoms with E-state index in [1.807, 2.05) is 30.3 Å². The Morgan fingerprint density at radius 2 is 1.86 bits per heavy atom. The van der Waals surface area contributed by atoms with E-state index in [1.54, 1.807) is 0 Å². The fourth-order valence-corrected chi connectivity index (χ4v) is 2.70. The zero-order valence-corrected chi connectivity index (χ0v) is 15.2. The summed E-state index contributed by atoms with van der Waals surface area (Å²) < 4.78 is 20.9. The molecule has 1 amide bonds. The molecule has 0 aliphatic carbocycles. The van der Waals surface area contributed by atoms with Crippen molar-refractivity contribution < 1.29 is 13.9 Å². The summed E-state index contributed by atoms with van der Waals surface area (Å²) >= 11 is 0. The minimum atomic E-state index is -0.499. The number of nitrogens with one attached hydrogen (secondary N) is 1. The minimum Gasteiger partial charge on any atom is -0.436 e. The molecule has 0 saturated carbocycles. The molecule has 0 spiro atoms. The predicted octanol–water partition coefficient (Wildman–Crippen LogP) is 2.14. The Bertz CT molecular complexity index is 1200. The van der Waals surface area contributed by atoms with Gasteiger partial charge in [0, 0.05) is 18.9 Å². The zero-order valence-electron chi connectivity index (χ0n) is 15.2. The summed E-state index contributed by atoms with van der Waals surface area (Å²) in [4.78, 5) is 28.8. The zero-order chi connectivity index (χ0) is 20.2. The van der Waals surface area contributed by atoms with Crippen molar-refractivity contribution in [3.63, 3.8) is 0 Å². The summed E-state index contributed by atoms with van der Waals surface area (Å²) in [5, 5.41) is 6.91. The van der Waals surface area contributed by atoms with Crippen molar-refractivity contribution in [2.75, 3.05) is 0 Å². The van der Waals surface area contributed by atoms with E-state index in [0.717, 1.165) is 10.2 Å². The lowest BCUT2D eigenvalue weighted by molar-refractivity contribution is -0.122. The van der Waals surface area contributed by atoms with E-state index in [2.05, 4.69) is 15.4 Å². The minimum absolute atomic E-state index is 0.0691. The van der Waals surface area contributed by atoms with Crippen molar-refractivity contribution in [1.29, 1.82) is 0 Å². The number of carbonyl (C=O) groups excluding carboxylic acids is 1. The molecule has 0 fully saturated rings. The highest BCUT2D eigenvalue weighted by molar-refractivity contribution is 5.75. The standard InChI is InChI=1S/C20H16FN5O3/c21-15-6-8-16(9-7-15)29-19-18-24-26(20(28)25(18)11-10-22-19)13-17(27)23-12-14-4-2-1-3-5-14/h1-11H,12-13H2,(H,23,27). The van der Waals surface area contributed by atoms with Crippen LogP contribution in [0.4, 0.5) is 4.39 Å². The number of rotatable bonds is 6. The third-order valence-corrected chi connectivity index (χ3v) is 4.12. The van der Waals surface area contributed by atoms with Gasteiger partial charge in [0.15, 0.2) is 0 Å². The normalized spacial score (nSPS) is 10.8. The number of ether oxygens (including phenoxy) is 1. The van der Waals surface area contributed by atoms with Crippen LogP contribution in [0.2, 0.25) is 0 Å². The van der Waals surface area contributed by atoms with E-state index >= 15 is 0 Å².